The minimum atomic E-state index is -0.435. The Bertz CT molecular complexity index is 1270. The van der Waals surface area contributed by atoms with E-state index in [2.05, 4.69) is 11.7 Å². The molecule has 2 aliphatic carbocycles. The molecule has 6 atom stereocenters. The fraction of sp³-hybridized carbons (Fsp3) is 0.357. The zero-order valence-electron chi connectivity index (χ0n) is 19.8. The monoisotopic (exact) mass is 486 g/mol. The first-order valence-electron chi connectivity index (χ1n) is 12.3. The molecule has 0 spiro atoms. The predicted octanol–water partition coefficient (Wildman–Crippen LogP) is 3.60. The summed E-state index contributed by atoms with van der Waals surface area (Å²) in [6.07, 6.45) is 2.26. The summed E-state index contributed by atoms with van der Waals surface area (Å²) in [5, 5.41) is 4.40. The van der Waals surface area contributed by atoms with E-state index < -0.39 is 17.8 Å². The lowest BCUT2D eigenvalue weighted by atomic mass is 9.71. The minimum Gasteiger partial charge on any atom is -0.490 e. The van der Waals surface area contributed by atoms with Crippen LogP contribution in [0.5, 0.6) is 5.75 Å². The molecule has 0 radical (unpaired) electrons. The molecule has 0 aromatic heterocycles. The van der Waals surface area contributed by atoms with E-state index in [4.69, 9.17) is 14.3 Å². The molecule has 0 unspecified atom stereocenters. The maximum Gasteiger partial charge on any atom is 0.338 e. The first kappa shape index (κ1) is 22.5. The number of hydrogen-bond donors (Lipinski definition) is 0. The van der Waals surface area contributed by atoms with E-state index in [-0.39, 0.29) is 42.3 Å². The van der Waals surface area contributed by atoms with Gasteiger partial charge in [0.1, 0.15) is 18.5 Å². The number of benzene rings is 2. The Kier molecular flexibility index (Phi) is 5.39. The van der Waals surface area contributed by atoms with Crippen molar-refractivity contribution in [1.82, 2.24) is 0 Å². The van der Waals surface area contributed by atoms with Gasteiger partial charge in [-0.25, -0.2) is 4.79 Å². The highest BCUT2D eigenvalue weighted by atomic mass is 16.6. The lowest BCUT2D eigenvalue weighted by molar-refractivity contribution is -0.125. The molecule has 2 aromatic rings. The number of nitrogens with zero attached hydrogens (tertiary/aromatic N) is 2. The molecule has 2 saturated carbocycles. The quantitative estimate of drug-likeness (QED) is 0.337. The number of amides is 2. The summed E-state index contributed by atoms with van der Waals surface area (Å²) < 4.78 is 10.6. The molecule has 0 N–H and O–H groups in total. The van der Waals surface area contributed by atoms with Gasteiger partial charge in [-0.3, -0.25) is 14.5 Å². The number of anilines is 1. The van der Waals surface area contributed by atoms with Gasteiger partial charge in [-0.15, -0.1) is 0 Å². The zero-order valence-corrected chi connectivity index (χ0v) is 19.8. The van der Waals surface area contributed by atoms with Gasteiger partial charge in [0.05, 0.1) is 35.4 Å². The number of esters is 1. The summed E-state index contributed by atoms with van der Waals surface area (Å²) in [6, 6.07) is 14.1. The third kappa shape index (κ3) is 3.27. The lowest BCUT2D eigenvalue weighted by Crippen LogP contribution is -2.41. The molecule has 2 amide bonds. The zero-order chi connectivity index (χ0) is 25.0. The highest BCUT2D eigenvalue weighted by molar-refractivity contribution is 6.23. The smallest absolute Gasteiger partial charge is 0.338 e. The van der Waals surface area contributed by atoms with Crippen molar-refractivity contribution in [3.8, 4) is 5.75 Å². The summed E-state index contributed by atoms with van der Waals surface area (Å²) >= 11 is 0. The summed E-state index contributed by atoms with van der Waals surface area (Å²) in [5.74, 6) is -0.962. The van der Waals surface area contributed by atoms with Crippen molar-refractivity contribution in [2.75, 3.05) is 18.1 Å². The minimum absolute atomic E-state index is 0.0109. The topological polar surface area (TPSA) is 94.5 Å². The predicted molar refractivity (Wildman–Crippen MR) is 131 cm³/mol. The van der Waals surface area contributed by atoms with Crippen LogP contribution in [-0.2, 0) is 19.2 Å². The van der Waals surface area contributed by atoms with Crippen LogP contribution in [-0.4, -0.2) is 42.8 Å². The third-order valence-electron chi connectivity index (χ3n) is 7.85. The number of imide groups is 1. The van der Waals surface area contributed by atoms with Crippen LogP contribution >= 0.6 is 0 Å². The van der Waals surface area contributed by atoms with E-state index in [0.29, 0.717) is 17.9 Å². The second-order valence-corrected chi connectivity index (χ2v) is 9.59. The van der Waals surface area contributed by atoms with Crippen molar-refractivity contribution in [1.29, 1.82) is 0 Å². The fourth-order valence-corrected chi connectivity index (χ4v) is 6.46. The highest BCUT2D eigenvalue weighted by Crippen LogP contribution is 2.62. The van der Waals surface area contributed by atoms with Crippen molar-refractivity contribution in [3.63, 3.8) is 0 Å². The van der Waals surface area contributed by atoms with E-state index in [1.807, 2.05) is 24.3 Å². The number of carbonyl (C=O) groups is 3. The maximum absolute atomic E-state index is 13.6. The van der Waals surface area contributed by atoms with Crippen molar-refractivity contribution in [2.45, 2.75) is 19.4 Å². The van der Waals surface area contributed by atoms with Gasteiger partial charge in [-0.05, 0) is 67.8 Å². The molecule has 2 aliphatic heterocycles. The van der Waals surface area contributed by atoms with Crippen LogP contribution in [0.1, 0.15) is 29.3 Å². The Labute approximate surface area is 208 Å². The molecular weight excluding hydrogens is 460 g/mol. The van der Waals surface area contributed by atoms with Crippen LogP contribution in [0.2, 0.25) is 0 Å². The maximum atomic E-state index is 13.6. The van der Waals surface area contributed by atoms with Gasteiger partial charge >= 0.3 is 5.97 Å². The molecule has 184 valence electrons. The Morgan fingerprint density at radius 2 is 1.75 bits per heavy atom. The van der Waals surface area contributed by atoms with Crippen LogP contribution in [0.15, 0.2) is 66.3 Å². The molecule has 1 saturated heterocycles. The lowest BCUT2D eigenvalue weighted by Gasteiger charge is -2.29. The van der Waals surface area contributed by atoms with Crippen LogP contribution in [0.25, 0.3) is 0 Å². The Balaban J connectivity index is 1.23. The van der Waals surface area contributed by atoms with E-state index in [0.717, 1.165) is 23.4 Å². The first-order valence-corrected chi connectivity index (χ1v) is 12.3. The largest absolute Gasteiger partial charge is 0.490 e. The summed E-state index contributed by atoms with van der Waals surface area (Å²) in [6.45, 7) is 6.11. The molecule has 36 heavy (non-hydrogen) atoms. The third-order valence-corrected chi connectivity index (χ3v) is 7.85. The molecule has 8 heteroatoms. The van der Waals surface area contributed by atoms with Crippen LogP contribution in [0.4, 0.5) is 5.69 Å². The van der Waals surface area contributed by atoms with E-state index in [1.165, 1.54) is 4.90 Å². The number of fused-ring (bicyclic) bond motifs is 8. The van der Waals surface area contributed by atoms with E-state index in [1.54, 1.807) is 37.3 Å². The number of oxime groups is 1. The normalized spacial score (nSPS) is 29.5. The molecule has 8 nitrogen and oxygen atoms in total. The molecule has 4 aliphatic rings. The Morgan fingerprint density at radius 1 is 1.06 bits per heavy atom. The molecular formula is C28H26N2O6. The molecule has 6 rings (SSSR count). The van der Waals surface area contributed by atoms with Gasteiger partial charge in [0.25, 0.3) is 0 Å². The van der Waals surface area contributed by atoms with Crippen LogP contribution < -0.4 is 9.64 Å². The van der Waals surface area contributed by atoms with Crippen LogP contribution in [0.3, 0.4) is 0 Å². The van der Waals surface area contributed by atoms with Crippen molar-refractivity contribution in [3.05, 3.63) is 72.3 Å². The van der Waals surface area contributed by atoms with Crippen LogP contribution in [0, 0.1) is 29.6 Å². The van der Waals surface area contributed by atoms with Gasteiger partial charge in [0.2, 0.25) is 11.8 Å². The van der Waals surface area contributed by atoms with Crippen molar-refractivity contribution < 1.29 is 28.7 Å². The molecule has 3 fully saturated rings. The average molecular weight is 487 g/mol. The Hall–Kier alpha value is -3.94. The fourth-order valence-electron chi connectivity index (χ4n) is 6.46. The van der Waals surface area contributed by atoms with E-state index in [9.17, 15) is 14.4 Å². The van der Waals surface area contributed by atoms with Crippen molar-refractivity contribution in [2.24, 2.45) is 34.7 Å². The number of hydrogen-bond acceptors (Lipinski definition) is 7. The summed E-state index contributed by atoms with van der Waals surface area (Å²) in [5.41, 5.74) is 2.62. The SMILES string of the molecule is C=CCOc1ccc(C2=NO[C@@H]3[C@H]4C[C@H]([C@H]5C(=O)N(c6ccc(C(=O)OCC)cc6)C(=O)[C@@H]45)[C@H]23)cc1. The van der Waals surface area contributed by atoms with Gasteiger partial charge in [-0.1, -0.05) is 17.8 Å². The molecule has 2 bridgehead atoms. The van der Waals surface area contributed by atoms with Crippen molar-refractivity contribution >= 4 is 29.2 Å². The first-order chi connectivity index (χ1) is 17.5. The van der Waals surface area contributed by atoms with E-state index >= 15 is 0 Å². The molecule has 2 heterocycles. The Morgan fingerprint density at radius 3 is 2.42 bits per heavy atom. The van der Waals surface area contributed by atoms with Gasteiger partial charge in [0.15, 0.2) is 0 Å². The van der Waals surface area contributed by atoms with Gasteiger partial charge in [0, 0.05) is 17.4 Å². The second-order valence-electron chi connectivity index (χ2n) is 9.59. The number of ether oxygens (including phenoxy) is 2. The highest BCUT2D eigenvalue weighted by Gasteiger charge is 2.70. The standard InChI is InChI=1S/C28H26N2O6/c1-3-13-35-18-11-7-15(8-12-18)24-23-19-14-20(25(23)36-29-24)22-21(19)26(31)30(27(22)32)17-9-5-16(6-10-17)28(33)34-4-2/h3,5-12,19-23,25H,1,4,13-14H2,2H3/t19-,20+,21-,22+,23-,25-/m1/s1. The van der Waals surface area contributed by atoms with Gasteiger partial charge < -0.3 is 14.3 Å². The number of carbonyl (C=O) groups excluding carboxylic acids is 3. The van der Waals surface area contributed by atoms with Gasteiger partial charge in [-0.2, -0.15) is 0 Å². The molecule has 2 aromatic carbocycles. The average Bonchev–Trinajstić information content (AvgIpc) is 3.64. The summed E-state index contributed by atoms with van der Waals surface area (Å²) in [4.78, 5) is 46.2. The number of rotatable bonds is 7. The second kappa shape index (κ2) is 8.62. The summed E-state index contributed by atoms with van der Waals surface area (Å²) in [7, 11) is 0.